The second-order valence-electron chi connectivity index (χ2n) is 5.72. The van der Waals surface area contributed by atoms with Crippen LogP contribution in [0.5, 0.6) is 0 Å². The van der Waals surface area contributed by atoms with Gasteiger partial charge in [0.2, 0.25) is 0 Å². The number of hydrogen-bond acceptors (Lipinski definition) is 3. The summed E-state index contributed by atoms with van der Waals surface area (Å²) < 4.78 is 12.9. The molecule has 0 bridgehead atoms. The zero-order valence-electron chi connectivity index (χ0n) is 13.4. The van der Waals surface area contributed by atoms with Crippen molar-refractivity contribution >= 4 is 40.5 Å². The quantitative estimate of drug-likeness (QED) is 0.814. The van der Waals surface area contributed by atoms with Crippen molar-refractivity contribution in [2.75, 3.05) is 31.1 Å². The molecule has 0 spiro atoms. The molecular formula is C18H17ClFN3OS. The fraction of sp³-hybridized carbons (Fsp3) is 0.222. The molecule has 25 heavy (non-hydrogen) atoms. The molecule has 2 aromatic carbocycles. The molecule has 3 rings (SSSR count). The number of carbonyl (C=O) groups is 1. The number of halogens is 2. The van der Waals surface area contributed by atoms with Crippen LogP contribution in [-0.2, 0) is 0 Å². The SMILES string of the molecule is O=C(NC(=S)N1CCN(c2cccc(Cl)c2)CC1)c1ccc(F)cc1. The van der Waals surface area contributed by atoms with Crippen molar-refractivity contribution < 1.29 is 9.18 Å². The van der Waals surface area contributed by atoms with Gasteiger partial charge >= 0.3 is 0 Å². The van der Waals surface area contributed by atoms with Crippen molar-refractivity contribution in [1.82, 2.24) is 10.2 Å². The van der Waals surface area contributed by atoms with E-state index >= 15 is 0 Å². The zero-order chi connectivity index (χ0) is 17.8. The van der Waals surface area contributed by atoms with Gasteiger partial charge < -0.3 is 9.80 Å². The summed E-state index contributed by atoms with van der Waals surface area (Å²) in [6, 6.07) is 13.1. The lowest BCUT2D eigenvalue weighted by atomic mass is 10.2. The lowest BCUT2D eigenvalue weighted by Crippen LogP contribution is -2.52. The van der Waals surface area contributed by atoms with Gasteiger partial charge in [-0.2, -0.15) is 0 Å². The molecule has 1 saturated heterocycles. The van der Waals surface area contributed by atoms with E-state index in [0.717, 1.165) is 18.8 Å². The highest BCUT2D eigenvalue weighted by Crippen LogP contribution is 2.20. The Kier molecular flexibility index (Phi) is 5.50. The first-order chi connectivity index (χ1) is 12.0. The molecule has 0 radical (unpaired) electrons. The molecule has 0 saturated carbocycles. The van der Waals surface area contributed by atoms with Crippen LogP contribution in [0.25, 0.3) is 0 Å². The minimum absolute atomic E-state index is 0.331. The first-order valence-electron chi connectivity index (χ1n) is 7.89. The van der Waals surface area contributed by atoms with Gasteiger partial charge in [0.1, 0.15) is 5.82 Å². The highest BCUT2D eigenvalue weighted by atomic mass is 35.5. The lowest BCUT2D eigenvalue weighted by Gasteiger charge is -2.37. The summed E-state index contributed by atoms with van der Waals surface area (Å²) in [5.41, 5.74) is 1.45. The van der Waals surface area contributed by atoms with Crippen molar-refractivity contribution in [3.05, 3.63) is 64.9 Å². The van der Waals surface area contributed by atoms with Gasteiger partial charge in [0.25, 0.3) is 5.91 Å². The molecule has 2 aromatic rings. The van der Waals surface area contributed by atoms with Crippen LogP contribution in [0, 0.1) is 5.82 Å². The fourth-order valence-corrected chi connectivity index (χ4v) is 3.15. The molecule has 4 nitrogen and oxygen atoms in total. The third kappa shape index (κ3) is 4.46. The van der Waals surface area contributed by atoms with Crippen molar-refractivity contribution in [2.24, 2.45) is 0 Å². The molecule has 7 heteroatoms. The summed E-state index contributed by atoms with van der Waals surface area (Å²) in [5, 5.41) is 3.80. The van der Waals surface area contributed by atoms with E-state index in [1.165, 1.54) is 24.3 Å². The number of rotatable bonds is 2. The van der Waals surface area contributed by atoms with Crippen molar-refractivity contribution in [3.63, 3.8) is 0 Å². The van der Waals surface area contributed by atoms with Crippen LogP contribution in [0.1, 0.15) is 10.4 Å². The predicted molar refractivity (Wildman–Crippen MR) is 102 cm³/mol. The van der Waals surface area contributed by atoms with Gasteiger partial charge in [-0.25, -0.2) is 4.39 Å². The van der Waals surface area contributed by atoms with E-state index in [-0.39, 0.29) is 11.7 Å². The summed E-state index contributed by atoms with van der Waals surface area (Å²) in [5.74, 6) is -0.710. The summed E-state index contributed by atoms with van der Waals surface area (Å²) in [4.78, 5) is 16.3. The Labute approximate surface area is 156 Å². The van der Waals surface area contributed by atoms with Crippen molar-refractivity contribution in [1.29, 1.82) is 0 Å². The van der Waals surface area contributed by atoms with Crippen molar-refractivity contribution in [2.45, 2.75) is 0 Å². The van der Waals surface area contributed by atoms with Gasteiger partial charge in [-0.3, -0.25) is 10.1 Å². The number of piperazine rings is 1. The Morgan fingerprint density at radius 3 is 2.40 bits per heavy atom. The highest BCUT2D eigenvalue weighted by molar-refractivity contribution is 7.80. The molecule has 1 heterocycles. The topological polar surface area (TPSA) is 35.6 Å². The predicted octanol–water partition coefficient (Wildman–Crippen LogP) is 3.32. The molecule has 1 amide bonds. The molecule has 1 aliphatic rings. The number of nitrogens with one attached hydrogen (secondary N) is 1. The smallest absolute Gasteiger partial charge is 0.257 e. The lowest BCUT2D eigenvalue weighted by molar-refractivity contribution is 0.0973. The Balaban J connectivity index is 1.54. The van der Waals surface area contributed by atoms with E-state index in [4.69, 9.17) is 23.8 Å². The fourth-order valence-electron chi connectivity index (χ4n) is 2.69. The first-order valence-corrected chi connectivity index (χ1v) is 8.68. The number of thiocarbonyl (C=S) groups is 1. The normalized spacial score (nSPS) is 14.3. The van der Waals surface area contributed by atoms with Crippen LogP contribution in [0.2, 0.25) is 5.02 Å². The largest absolute Gasteiger partial charge is 0.368 e. The Hall–Kier alpha value is -2.18. The Morgan fingerprint density at radius 1 is 1.08 bits per heavy atom. The minimum Gasteiger partial charge on any atom is -0.368 e. The van der Waals surface area contributed by atoms with Gasteiger partial charge in [-0.15, -0.1) is 0 Å². The van der Waals surface area contributed by atoms with E-state index < -0.39 is 0 Å². The third-order valence-electron chi connectivity index (χ3n) is 4.07. The van der Waals surface area contributed by atoms with Crippen LogP contribution < -0.4 is 10.2 Å². The summed E-state index contributed by atoms with van der Waals surface area (Å²) in [6.07, 6.45) is 0. The minimum atomic E-state index is -0.378. The molecule has 1 N–H and O–H groups in total. The van der Waals surface area contributed by atoms with Gasteiger partial charge in [0, 0.05) is 42.5 Å². The van der Waals surface area contributed by atoms with Crippen LogP contribution in [0.3, 0.4) is 0 Å². The number of benzene rings is 2. The van der Waals surface area contributed by atoms with Crippen LogP contribution in [0.4, 0.5) is 10.1 Å². The van der Waals surface area contributed by atoms with E-state index in [0.29, 0.717) is 28.8 Å². The number of carbonyl (C=O) groups excluding carboxylic acids is 1. The standard InChI is InChI=1S/C18H17ClFN3OS/c19-14-2-1-3-16(12-14)22-8-10-23(11-9-22)18(25)21-17(24)13-4-6-15(20)7-5-13/h1-7,12H,8-11H2,(H,21,24,25). The molecule has 1 fully saturated rings. The number of nitrogens with zero attached hydrogens (tertiary/aromatic N) is 2. The van der Waals surface area contributed by atoms with Gasteiger partial charge in [0.15, 0.2) is 5.11 Å². The third-order valence-corrected chi connectivity index (χ3v) is 4.66. The molecule has 1 aliphatic heterocycles. The second kappa shape index (κ2) is 7.80. The van der Waals surface area contributed by atoms with Gasteiger partial charge in [-0.1, -0.05) is 17.7 Å². The first kappa shape index (κ1) is 17.6. The van der Waals surface area contributed by atoms with E-state index in [2.05, 4.69) is 10.2 Å². The average molecular weight is 378 g/mol. The van der Waals surface area contributed by atoms with Crippen LogP contribution >= 0.6 is 23.8 Å². The number of amides is 1. The molecule has 0 unspecified atom stereocenters. The van der Waals surface area contributed by atoms with Crippen LogP contribution in [0.15, 0.2) is 48.5 Å². The number of hydrogen-bond donors (Lipinski definition) is 1. The van der Waals surface area contributed by atoms with E-state index in [1.54, 1.807) is 0 Å². The summed E-state index contributed by atoms with van der Waals surface area (Å²) in [7, 11) is 0. The zero-order valence-corrected chi connectivity index (χ0v) is 15.0. The maximum atomic E-state index is 12.9. The molecular weight excluding hydrogens is 361 g/mol. The van der Waals surface area contributed by atoms with E-state index in [9.17, 15) is 9.18 Å². The summed E-state index contributed by atoms with van der Waals surface area (Å²) >= 11 is 11.4. The molecule has 0 aliphatic carbocycles. The second-order valence-corrected chi connectivity index (χ2v) is 6.54. The van der Waals surface area contributed by atoms with Gasteiger partial charge in [0.05, 0.1) is 0 Å². The Bertz CT molecular complexity index is 776. The van der Waals surface area contributed by atoms with Crippen LogP contribution in [-0.4, -0.2) is 42.1 Å². The average Bonchev–Trinajstić information content (AvgIpc) is 2.62. The monoisotopic (exact) mass is 377 g/mol. The Morgan fingerprint density at radius 2 is 1.76 bits per heavy atom. The molecule has 0 aromatic heterocycles. The van der Waals surface area contributed by atoms with Gasteiger partial charge in [-0.05, 0) is 54.7 Å². The summed E-state index contributed by atoms with van der Waals surface area (Å²) in [6.45, 7) is 2.98. The maximum absolute atomic E-state index is 12.9. The molecule has 0 atom stereocenters. The number of anilines is 1. The van der Waals surface area contributed by atoms with E-state index in [1.807, 2.05) is 29.2 Å². The highest BCUT2D eigenvalue weighted by Gasteiger charge is 2.20. The van der Waals surface area contributed by atoms with Crippen molar-refractivity contribution in [3.8, 4) is 0 Å². The molecule has 130 valence electrons. The maximum Gasteiger partial charge on any atom is 0.257 e.